The van der Waals surface area contributed by atoms with E-state index >= 15 is 0 Å². The lowest BCUT2D eigenvalue weighted by atomic mass is 9.97. The molecule has 1 aromatic heterocycles. The Morgan fingerprint density at radius 1 is 1.20 bits per heavy atom. The third-order valence-corrected chi connectivity index (χ3v) is 4.47. The van der Waals surface area contributed by atoms with Gasteiger partial charge < -0.3 is 20.4 Å². The number of amides is 3. The maximum absolute atomic E-state index is 11.7. The second-order valence-electron chi connectivity index (χ2n) is 6.49. The van der Waals surface area contributed by atoms with Crippen molar-refractivity contribution in [3.63, 3.8) is 0 Å². The zero-order chi connectivity index (χ0) is 18.2. The molecule has 3 amide bonds. The Labute approximate surface area is 148 Å². The number of nitrogens with zero attached hydrogens (tertiary/aromatic N) is 2. The molecule has 140 valence electrons. The van der Waals surface area contributed by atoms with E-state index in [1.165, 1.54) is 0 Å². The Kier molecular flexibility index (Phi) is 7.24. The van der Waals surface area contributed by atoms with Gasteiger partial charge in [-0.15, -0.1) is 0 Å². The smallest absolute Gasteiger partial charge is 0.315 e. The maximum Gasteiger partial charge on any atom is 0.315 e. The standard InChI is InChI=1S/C17H29N5O3/c1-4-18-15(23)10-20-17(24)19-9-14-5-7-22(8-6-14)11-16-21-12(2)13(3)25-16/h14H,4-11H2,1-3H3,(H,18,23)(H2,19,20,24). The molecule has 1 aliphatic rings. The van der Waals surface area contributed by atoms with Crippen molar-refractivity contribution in [2.45, 2.75) is 40.2 Å². The van der Waals surface area contributed by atoms with Crippen LogP contribution in [0.5, 0.6) is 0 Å². The fourth-order valence-corrected chi connectivity index (χ4v) is 2.87. The van der Waals surface area contributed by atoms with Gasteiger partial charge in [-0.05, 0) is 52.6 Å². The molecular weight excluding hydrogens is 322 g/mol. The monoisotopic (exact) mass is 351 g/mol. The van der Waals surface area contributed by atoms with E-state index in [4.69, 9.17) is 4.42 Å². The Morgan fingerprint density at radius 2 is 1.92 bits per heavy atom. The van der Waals surface area contributed by atoms with Gasteiger partial charge in [-0.25, -0.2) is 9.78 Å². The van der Waals surface area contributed by atoms with Gasteiger partial charge in [0.05, 0.1) is 18.8 Å². The van der Waals surface area contributed by atoms with Crippen LogP contribution in [0.15, 0.2) is 4.42 Å². The summed E-state index contributed by atoms with van der Waals surface area (Å²) < 4.78 is 5.64. The van der Waals surface area contributed by atoms with Crippen molar-refractivity contribution in [3.8, 4) is 0 Å². The van der Waals surface area contributed by atoms with Gasteiger partial charge in [0.2, 0.25) is 11.8 Å². The molecule has 8 nitrogen and oxygen atoms in total. The number of carbonyl (C=O) groups excluding carboxylic acids is 2. The molecule has 1 saturated heterocycles. The van der Waals surface area contributed by atoms with Gasteiger partial charge >= 0.3 is 6.03 Å². The minimum absolute atomic E-state index is 0.00704. The minimum atomic E-state index is -0.292. The first-order chi connectivity index (χ1) is 12.0. The van der Waals surface area contributed by atoms with E-state index in [1.807, 2.05) is 20.8 Å². The fourth-order valence-electron chi connectivity index (χ4n) is 2.87. The summed E-state index contributed by atoms with van der Waals surface area (Å²) in [6, 6.07) is -0.292. The number of likely N-dealkylation sites (N-methyl/N-ethyl adjacent to an activating group) is 1. The summed E-state index contributed by atoms with van der Waals surface area (Å²) >= 11 is 0. The summed E-state index contributed by atoms with van der Waals surface area (Å²) in [6.07, 6.45) is 2.05. The zero-order valence-corrected chi connectivity index (χ0v) is 15.4. The minimum Gasteiger partial charge on any atom is -0.444 e. The number of aryl methyl sites for hydroxylation is 2. The van der Waals surface area contributed by atoms with Crippen molar-refractivity contribution in [2.75, 3.05) is 32.7 Å². The first-order valence-corrected chi connectivity index (χ1v) is 8.91. The molecule has 1 fully saturated rings. The van der Waals surface area contributed by atoms with Crippen molar-refractivity contribution in [1.82, 2.24) is 25.8 Å². The zero-order valence-electron chi connectivity index (χ0n) is 15.4. The van der Waals surface area contributed by atoms with Crippen LogP contribution in [-0.4, -0.2) is 54.5 Å². The van der Waals surface area contributed by atoms with Crippen LogP contribution in [0.1, 0.15) is 37.1 Å². The number of oxazole rings is 1. The van der Waals surface area contributed by atoms with Crippen LogP contribution in [0.3, 0.4) is 0 Å². The van der Waals surface area contributed by atoms with Gasteiger partial charge in [0.1, 0.15) is 5.76 Å². The largest absolute Gasteiger partial charge is 0.444 e. The molecule has 2 rings (SSSR count). The van der Waals surface area contributed by atoms with Crippen LogP contribution in [0.2, 0.25) is 0 Å². The highest BCUT2D eigenvalue weighted by Crippen LogP contribution is 2.19. The van der Waals surface area contributed by atoms with E-state index in [0.29, 0.717) is 19.0 Å². The van der Waals surface area contributed by atoms with Crippen LogP contribution >= 0.6 is 0 Å². The number of piperidine rings is 1. The van der Waals surface area contributed by atoms with Crippen molar-refractivity contribution in [2.24, 2.45) is 5.92 Å². The highest BCUT2D eigenvalue weighted by atomic mass is 16.4. The molecule has 0 atom stereocenters. The maximum atomic E-state index is 11.7. The number of nitrogens with one attached hydrogen (secondary N) is 3. The van der Waals surface area contributed by atoms with Crippen LogP contribution in [0, 0.1) is 19.8 Å². The van der Waals surface area contributed by atoms with Gasteiger partial charge in [-0.3, -0.25) is 9.69 Å². The van der Waals surface area contributed by atoms with Crippen molar-refractivity contribution >= 4 is 11.9 Å². The molecule has 1 aromatic rings. The number of hydrogen-bond acceptors (Lipinski definition) is 5. The average Bonchev–Trinajstić information content (AvgIpc) is 2.90. The predicted molar refractivity (Wildman–Crippen MR) is 94.1 cm³/mol. The number of likely N-dealkylation sites (tertiary alicyclic amines) is 1. The summed E-state index contributed by atoms with van der Waals surface area (Å²) in [7, 11) is 0. The average molecular weight is 351 g/mol. The lowest BCUT2D eigenvalue weighted by molar-refractivity contribution is -0.119. The first kappa shape index (κ1) is 19.2. The molecule has 0 aliphatic carbocycles. The summed E-state index contributed by atoms with van der Waals surface area (Å²) in [5.74, 6) is 1.94. The van der Waals surface area contributed by atoms with Crippen molar-refractivity contribution in [3.05, 3.63) is 17.3 Å². The SMILES string of the molecule is CCNC(=O)CNC(=O)NCC1CCN(Cc2nc(C)c(C)o2)CC1. The molecule has 0 aromatic carbocycles. The van der Waals surface area contributed by atoms with E-state index in [9.17, 15) is 9.59 Å². The highest BCUT2D eigenvalue weighted by molar-refractivity contribution is 5.83. The lowest BCUT2D eigenvalue weighted by Gasteiger charge is -2.31. The Hall–Kier alpha value is -2.09. The van der Waals surface area contributed by atoms with Crippen LogP contribution in [0.25, 0.3) is 0 Å². The van der Waals surface area contributed by atoms with E-state index in [0.717, 1.165) is 49.8 Å². The number of carbonyl (C=O) groups is 2. The fraction of sp³-hybridized carbons (Fsp3) is 0.706. The molecular formula is C17H29N5O3. The number of aromatic nitrogens is 1. The van der Waals surface area contributed by atoms with E-state index in [1.54, 1.807) is 0 Å². The summed E-state index contributed by atoms with van der Waals surface area (Å²) in [4.78, 5) is 29.7. The molecule has 0 unspecified atom stereocenters. The molecule has 0 bridgehead atoms. The second-order valence-corrected chi connectivity index (χ2v) is 6.49. The molecule has 2 heterocycles. The highest BCUT2D eigenvalue weighted by Gasteiger charge is 2.21. The normalized spacial score (nSPS) is 15.8. The third-order valence-electron chi connectivity index (χ3n) is 4.47. The van der Waals surface area contributed by atoms with Gasteiger partial charge in [-0.1, -0.05) is 0 Å². The van der Waals surface area contributed by atoms with Crippen LogP contribution in [0.4, 0.5) is 4.79 Å². The molecule has 0 saturated carbocycles. The summed E-state index contributed by atoms with van der Waals surface area (Å²) in [5.41, 5.74) is 0.952. The Balaban J connectivity index is 1.61. The van der Waals surface area contributed by atoms with Gasteiger partial charge in [0.15, 0.2) is 0 Å². The predicted octanol–water partition coefficient (Wildman–Crippen LogP) is 0.939. The number of urea groups is 1. The second kappa shape index (κ2) is 9.41. The molecule has 0 spiro atoms. The summed E-state index contributed by atoms with van der Waals surface area (Å²) in [6.45, 7) is 9.60. The van der Waals surface area contributed by atoms with Crippen molar-refractivity contribution in [1.29, 1.82) is 0 Å². The molecule has 3 N–H and O–H groups in total. The first-order valence-electron chi connectivity index (χ1n) is 8.91. The lowest BCUT2D eigenvalue weighted by Crippen LogP contribution is -2.44. The van der Waals surface area contributed by atoms with Crippen LogP contribution in [-0.2, 0) is 11.3 Å². The Morgan fingerprint density at radius 3 is 2.52 bits per heavy atom. The summed E-state index contributed by atoms with van der Waals surface area (Å²) in [5, 5.41) is 8.04. The molecule has 0 radical (unpaired) electrons. The number of hydrogen-bond donors (Lipinski definition) is 3. The van der Waals surface area contributed by atoms with E-state index in [-0.39, 0.29) is 18.5 Å². The van der Waals surface area contributed by atoms with E-state index < -0.39 is 0 Å². The van der Waals surface area contributed by atoms with Crippen molar-refractivity contribution < 1.29 is 14.0 Å². The van der Waals surface area contributed by atoms with Gasteiger partial charge in [0.25, 0.3) is 0 Å². The molecule has 8 heteroatoms. The topological polar surface area (TPSA) is 99.5 Å². The Bertz CT molecular complexity index is 559. The third kappa shape index (κ3) is 6.38. The van der Waals surface area contributed by atoms with E-state index in [2.05, 4.69) is 25.8 Å². The molecule has 1 aliphatic heterocycles. The van der Waals surface area contributed by atoms with Gasteiger partial charge in [-0.2, -0.15) is 0 Å². The molecule has 25 heavy (non-hydrogen) atoms. The van der Waals surface area contributed by atoms with Gasteiger partial charge in [0, 0.05) is 13.1 Å². The quantitative estimate of drug-likeness (QED) is 0.679. The number of rotatable bonds is 7. The van der Waals surface area contributed by atoms with Crippen LogP contribution < -0.4 is 16.0 Å².